The van der Waals surface area contributed by atoms with Crippen molar-refractivity contribution in [1.29, 1.82) is 5.26 Å². The van der Waals surface area contributed by atoms with Crippen molar-refractivity contribution in [2.24, 2.45) is 0 Å². The number of anilines is 3. The van der Waals surface area contributed by atoms with Gasteiger partial charge in [-0.1, -0.05) is 6.07 Å². The number of rotatable bonds is 7. The molecule has 0 unspecified atom stereocenters. The number of aromatic nitrogens is 2. The molecule has 8 heteroatoms. The summed E-state index contributed by atoms with van der Waals surface area (Å²) in [5, 5.41) is 13.0. The topological polar surface area (TPSA) is 92.5 Å². The van der Waals surface area contributed by atoms with E-state index >= 15 is 0 Å². The van der Waals surface area contributed by atoms with Crippen molar-refractivity contribution >= 4 is 17.3 Å². The van der Waals surface area contributed by atoms with Gasteiger partial charge in [-0.25, -0.2) is 9.97 Å². The molecule has 0 spiro atoms. The zero-order chi connectivity index (χ0) is 24.2. The van der Waals surface area contributed by atoms with Gasteiger partial charge in [0.1, 0.15) is 17.9 Å². The van der Waals surface area contributed by atoms with Gasteiger partial charge in [0.15, 0.2) is 0 Å². The Morgan fingerprint density at radius 1 is 1.09 bits per heavy atom. The summed E-state index contributed by atoms with van der Waals surface area (Å²) in [5.74, 6) is 1.10. The summed E-state index contributed by atoms with van der Waals surface area (Å²) in [6.07, 6.45) is 3.75. The van der Waals surface area contributed by atoms with E-state index in [1.807, 2.05) is 30.3 Å². The number of benzene rings is 2. The average Bonchev–Trinajstić information content (AvgIpc) is 2.86. The first kappa shape index (κ1) is 23.1. The summed E-state index contributed by atoms with van der Waals surface area (Å²) in [4.78, 5) is 11.4. The number of methoxy groups -OCH3 is 1. The molecule has 0 bridgehead atoms. The Bertz CT molecular complexity index is 1230. The molecule has 3 aromatic rings. The summed E-state index contributed by atoms with van der Waals surface area (Å²) in [6.45, 7) is 5.27. The van der Waals surface area contributed by atoms with Crippen molar-refractivity contribution in [2.45, 2.75) is 32.0 Å². The molecule has 180 valence electrons. The Morgan fingerprint density at radius 3 is 2.69 bits per heavy atom. The van der Waals surface area contributed by atoms with Crippen LogP contribution in [0.4, 0.5) is 17.3 Å². The molecule has 2 fully saturated rings. The van der Waals surface area contributed by atoms with Gasteiger partial charge in [-0.15, -0.1) is 0 Å². The van der Waals surface area contributed by atoms with Crippen LogP contribution >= 0.6 is 0 Å². The molecule has 0 saturated carbocycles. The third kappa shape index (κ3) is 5.21. The fourth-order valence-electron chi connectivity index (χ4n) is 4.37. The first-order valence-electron chi connectivity index (χ1n) is 11.9. The van der Waals surface area contributed by atoms with Crippen LogP contribution in [0.1, 0.15) is 24.0 Å². The van der Waals surface area contributed by atoms with Gasteiger partial charge in [0.2, 0.25) is 5.95 Å². The highest BCUT2D eigenvalue weighted by Gasteiger charge is 2.27. The SMILES string of the molecule is COC1CN(c2cc(Nc3nccc(-c4ccc(OC5CCOCC5)c(C#N)c4)n3)ccc2C)C1. The average molecular weight is 472 g/mol. The lowest BCUT2D eigenvalue weighted by Crippen LogP contribution is -2.52. The molecule has 1 N–H and O–H groups in total. The summed E-state index contributed by atoms with van der Waals surface area (Å²) < 4.78 is 16.9. The van der Waals surface area contributed by atoms with Gasteiger partial charge < -0.3 is 24.4 Å². The number of aryl methyl sites for hydroxylation is 1. The van der Waals surface area contributed by atoms with Crippen molar-refractivity contribution in [1.82, 2.24) is 9.97 Å². The Balaban J connectivity index is 1.32. The van der Waals surface area contributed by atoms with Crippen molar-refractivity contribution in [2.75, 3.05) is 43.6 Å². The van der Waals surface area contributed by atoms with Crippen LogP contribution in [0.25, 0.3) is 11.3 Å². The van der Waals surface area contributed by atoms with Crippen molar-refractivity contribution in [3.63, 3.8) is 0 Å². The van der Waals surface area contributed by atoms with E-state index in [1.165, 1.54) is 11.3 Å². The van der Waals surface area contributed by atoms with E-state index in [1.54, 1.807) is 13.3 Å². The maximum absolute atomic E-state index is 9.71. The molecule has 0 amide bonds. The first-order chi connectivity index (χ1) is 17.1. The molecule has 2 saturated heterocycles. The molecular weight excluding hydrogens is 442 g/mol. The molecule has 1 aromatic heterocycles. The normalized spacial score (nSPS) is 16.4. The third-order valence-electron chi connectivity index (χ3n) is 6.50. The quantitative estimate of drug-likeness (QED) is 0.540. The van der Waals surface area contributed by atoms with E-state index in [2.05, 4.69) is 40.3 Å². The largest absolute Gasteiger partial charge is 0.489 e. The van der Waals surface area contributed by atoms with Crippen LogP contribution in [0.3, 0.4) is 0 Å². The molecule has 8 nitrogen and oxygen atoms in total. The molecule has 2 aliphatic rings. The van der Waals surface area contributed by atoms with Gasteiger partial charge in [0, 0.05) is 56.2 Å². The number of nitrogens with zero attached hydrogens (tertiary/aromatic N) is 4. The lowest BCUT2D eigenvalue weighted by molar-refractivity contribution is 0.0254. The molecule has 2 aromatic carbocycles. The van der Waals surface area contributed by atoms with Crippen LogP contribution in [0.2, 0.25) is 0 Å². The summed E-state index contributed by atoms with van der Waals surface area (Å²) in [6, 6.07) is 15.9. The zero-order valence-electron chi connectivity index (χ0n) is 20.0. The Kier molecular flexibility index (Phi) is 6.80. The third-order valence-corrected chi connectivity index (χ3v) is 6.50. The first-order valence-corrected chi connectivity index (χ1v) is 11.9. The lowest BCUT2D eigenvalue weighted by Gasteiger charge is -2.40. The number of nitriles is 1. The fraction of sp³-hybridized carbons (Fsp3) is 0.370. The minimum Gasteiger partial charge on any atom is -0.489 e. The van der Waals surface area contributed by atoms with Gasteiger partial charge in [-0.05, 0) is 48.9 Å². The lowest BCUT2D eigenvalue weighted by atomic mass is 10.1. The molecule has 0 atom stereocenters. The van der Waals surface area contributed by atoms with Crippen LogP contribution in [0, 0.1) is 18.3 Å². The van der Waals surface area contributed by atoms with Gasteiger partial charge in [-0.2, -0.15) is 5.26 Å². The highest BCUT2D eigenvalue weighted by Crippen LogP contribution is 2.31. The zero-order valence-corrected chi connectivity index (χ0v) is 20.0. The number of hydrogen-bond donors (Lipinski definition) is 1. The van der Waals surface area contributed by atoms with Crippen molar-refractivity contribution in [3.05, 3.63) is 59.8 Å². The Hall–Kier alpha value is -3.67. The molecular formula is C27H29N5O3. The van der Waals surface area contributed by atoms with Crippen molar-refractivity contribution < 1.29 is 14.2 Å². The predicted octanol–water partition coefficient (Wildman–Crippen LogP) is 4.46. The molecule has 5 rings (SSSR count). The minimum absolute atomic E-state index is 0.0765. The molecule has 0 aliphatic carbocycles. The molecule has 3 heterocycles. The van der Waals surface area contributed by atoms with Gasteiger partial charge in [0.05, 0.1) is 30.6 Å². The van der Waals surface area contributed by atoms with Gasteiger partial charge in [-0.3, -0.25) is 0 Å². The second-order valence-electron chi connectivity index (χ2n) is 8.91. The van der Waals surface area contributed by atoms with E-state index in [0.29, 0.717) is 30.5 Å². The Morgan fingerprint density at radius 2 is 1.91 bits per heavy atom. The highest BCUT2D eigenvalue weighted by atomic mass is 16.5. The predicted molar refractivity (Wildman–Crippen MR) is 134 cm³/mol. The van der Waals surface area contributed by atoms with Crippen LogP contribution in [0.15, 0.2) is 48.7 Å². The van der Waals surface area contributed by atoms with Crippen LogP contribution < -0.4 is 15.0 Å². The summed E-state index contributed by atoms with van der Waals surface area (Å²) in [7, 11) is 1.75. The number of ether oxygens (including phenoxy) is 3. The second kappa shape index (κ2) is 10.3. The van der Waals surface area contributed by atoms with Crippen LogP contribution in [0.5, 0.6) is 5.75 Å². The maximum atomic E-state index is 9.71. The smallest absolute Gasteiger partial charge is 0.227 e. The van der Waals surface area contributed by atoms with E-state index in [-0.39, 0.29) is 12.2 Å². The van der Waals surface area contributed by atoms with Crippen LogP contribution in [-0.2, 0) is 9.47 Å². The monoisotopic (exact) mass is 471 g/mol. The van der Waals surface area contributed by atoms with E-state index in [4.69, 9.17) is 19.2 Å². The number of nitrogens with one attached hydrogen (secondary N) is 1. The van der Waals surface area contributed by atoms with Crippen molar-refractivity contribution in [3.8, 4) is 23.1 Å². The second-order valence-corrected chi connectivity index (χ2v) is 8.91. The molecule has 35 heavy (non-hydrogen) atoms. The Labute approximate surface area is 205 Å². The van der Waals surface area contributed by atoms with Crippen LogP contribution in [-0.4, -0.2) is 55.6 Å². The highest BCUT2D eigenvalue weighted by molar-refractivity contribution is 5.68. The van der Waals surface area contributed by atoms with E-state index in [9.17, 15) is 5.26 Å². The minimum atomic E-state index is 0.0765. The number of hydrogen-bond acceptors (Lipinski definition) is 8. The van der Waals surface area contributed by atoms with E-state index < -0.39 is 0 Å². The maximum Gasteiger partial charge on any atom is 0.227 e. The summed E-state index contributed by atoms with van der Waals surface area (Å²) >= 11 is 0. The van der Waals surface area contributed by atoms with Gasteiger partial charge in [0.25, 0.3) is 0 Å². The molecule has 0 radical (unpaired) electrons. The molecule has 2 aliphatic heterocycles. The fourth-order valence-corrected chi connectivity index (χ4v) is 4.37. The van der Waals surface area contributed by atoms with E-state index in [0.717, 1.165) is 42.9 Å². The van der Waals surface area contributed by atoms with Gasteiger partial charge >= 0.3 is 0 Å². The standard InChI is InChI=1S/C27H29N5O3/c1-18-3-5-21(14-25(18)32-16-23(17-32)33-2)30-27-29-10-7-24(31-27)19-4-6-26(20(13-19)15-28)35-22-8-11-34-12-9-22/h3-7,10,13-14,22-23H,8-9,11-12,16-17H2,1-2H3,(H,29,30,31). The summed E-state index contributed by atoms with van der Waals surface area (Å²) in [5.41, 5.74) is 5.37.